The minimum Gasteiger partial charge on any atom is -0.506 e. The predicted molar refractivity (Wildman–Crippen MR) is 112 cm³/mol. The molecule has 2 aromatic carbocycles. The summed E-state index contributed by atoms with van der Waals surface area (Å²) in [5.41, 5.74) is 1.69. The van der Waals surface area contributed by atoms with Gasteiger partial charge < -0.3 is 20.1 Å². The molecule has 0 atom stereocenters. The van der Waals surface area contributed by atoms with Gasteiger partial charge >= 0.3 is 5.97 Å². The van der Waals surface area contributed by atoms with E-state index in [0.29, 0.717) is 10.9 Å². The standard InChI is InChI=1S/C22H17N3O5/c1-25-17-8-7-12(13-4-2-6-16-14(13)5-3-9-23-16)10-15(17)20(28)19(22(25)30)21(29)24-11-18(26)27/h2-10,28H,11H2,1H3,(H,24,29)(H,26,27). The minimum atomic E-state index is -1.26. The van der Waals surface area contributed by atoms with Gasteiger partial charge in [0.15, 0.2) is 0 Å². The summed E-state index contributed by atoms with van der Waals surface area (Å²) in [5, 5.41) is 22.8. The molecule has 0 spiro atoms. The highest BCUT2D eigenvalue weighted by Gasteiger charge is 2.22. The molecular formula is C22H17N3O5. The topological polar surface area (TPSA) is 122 Å². The number of amides is 1. The van der Waals surface area contributed by atoms with Crippen molar-refractivity contribution in [3.8, 4) is 16.9 Å². The van der Waals surface area contributed by atoms with Crippen LogP contribution in [0.1, 0.15) is 10.4 Å². The maximum atomic E-state index is 12.6. The Morgan fingerprint density at radius 3 is 2.67 bits per heavy atom. The van der Waals surface area contributed by atoms with Crippen molar-refractivity contribution in [1.29, 1.82) is 0 Å². The zero-order valence-corrected chi connectivity index (χ0v) is 15.9. The third-order valence-electron chi connectivity index (χ3n) is 4.95. The highest BCUT2D eigenvalue weighted by molar-refractivity contribution is 6.04. The van der Waals surface area contributed by atoms with Crippen LogP contribution in [0.25, 0.3) is 32.9 Å². The summed E-state index contributed by atoms with van der Waals surface area (Å²) in [6, 6.07) is 14.7. The van der Waals surface area contributed by atoms with Gasteiger partial charge in [-0.05, 0) is 35.4 Å². The van der Waals surface area contributed by atoms with Crippen molar-refractivity contribution in [3.63, 3.8) is 0 Å². The van der Waals surface area contributed by atoms with Crippen molar-refractivity contribution in [2.45, 2.75) is 0 Å². The van der Waals surface area contributed by atoms with Gasteiger partial charge in [0, 0.05) is 24.0 Å². The van der Waals surface area contributed by atoms with Crippen LogP contribution < -0.4 is 10.9 Å². The van der Waals surface area contributed by atoms with Crippen LogP contribution in [0.4, 0.5) is 0 Å². The van der Waals surface area contributed by atoms with Crippen molar-refractivity contribution in [1.82, 2.24) is 14.9 Å². The zero-order valence-electron chi connectivity index (χ0n) is 15.9. The molecule has 0 fully saturated rings. The van der Waals surface area contributed by atoms with E-state index in [0.717, 1.165) is 22.0 Å². The molecule has 3 N–H and O–H groups in total. The van der Waals surface area contributed by atoms with Crippen LogP contribution in [-0.4, -0.2) is 38.2 Å². The molecule has 0 saturated heterocycles. The molecule has 1 amide bonds. The lowest BCUT2D eigenvalue weighted by atomic mass is 9.98. The van der Waals surface area contributed by atoms with Gasteiger partial charge in [-0.3, -0.25) is 19.4 Å². The Labute approximate surface area is 170 Å². The quantitative estimate of drug-likeness (QED) is 0.481. The molecule has 0 radical (unpaired) electrons. The van der Waals surface area contributed by atoms with E-state index in [9.17, 15) is 19.5 Å². The van der Waals surface area contributed by atoms with Gasteiger partial charge in [0.05, 0.1) is 11.0 Å². The average molecular weight is 403 g/mol. The molecule has 4 aromatic rings. The molecule has 2 aromatic heterocycles. The number of aromatic nitrogens is 2. The van der Waals surface area contributed by atoms with Crippen LogP contribution in [-0.2, 0) is 11.8 Å². The fourth-order valence-corrected chi connectivity index (χ4v) is 3.50. The first-order valence-corrected chi connectivity index (χ1v) is 9.08. The average Bonchev–Trinajstić information content (AvgIpc) is 2.75. The minimum absolute atomic E-state index is 0.302. The van der Waals surface area contributed by atoms with E-state index in [2.05, 4.69) is 10.3 Å². The summed E-state index contributed by atoms with van der Waals surface area (Å²) >= 11 is 0. The van der Waals surface area contributed by atoms with E-state index >= 15 is 0 Å². The molecule has 30 heavy (non-hydrogen) atoms. The summed E-state index contributed by atoms with van der Waals surface area (Å²) < 4.78 is 1.25. The molecular weight excluding hydrogens is 386 g/mol. The molecule has 0 saturated carbocycles. The summed E-state index contributed by atoms with van der Waals surface area (Å²) in [6.45, 7) is -0.664. The third kappa shape index (κ3) is 3.14. The molecule has 8 heteroatoms. The molecule has 4 rings (SSSR count). The number of pyridine rings is 2. The van der Waals surface area contributed by atoms with Crippen LogP contribution in [0.5, 0.6) is 5.75 Å². The number of aromatic hydroxyl groups is 1. The van der Waals surface area contributed by atoms with Gasteiger partial charge in [-0.25, -0.2) is 0 Å². The number of hydrogen-bond donors (Lipinski definition) is 3. The van der Waals surface area contributed by atoms with E-state index < -0.39 is 35.3 Å². The Bertz CT molecular complexity index is 1390. The highest BCUT2D eigenvalue weighted by atomic mass is 16.4. The first-order chi connectivity index (χ1) is 14.4. The molecule has 2 heterocycles. The number of carbonyl (C=O) groups is 2. The highest BCUT2D eigenvalue weighted by Crippen LogP contribution is 2.33. The number of fused-ring (bicyclic) bond motifs is 2. The number of nitrogens with zero attached hydrogens (tertiary/aromatic N) is 2. The number of nitrogens with one attached hydrogen (secondary N) is 1. The SMILES string of the molecule is Cn1c(=O)c(C(=O)NCC(=O)O)c(O)c2cc(-c3cccc4ncccc34)ccc21. The first kappa shape index (κ1) is 19.1. The second-order valence-electron chi connectivity index (χ2n) is 6.77. The number of hydrogen-bond acceptors (Lipinski definition) is 5. The lowest BCUT2D eigenvalue weighted by molar-refractivity contribution is -0.135. The lowest BCUT2D eigenvalue weighted by Crippen LogP contribution is -2.35. The third-order valence-corrected chi connectivity index (χ3v) is 4.95. The van der Waals surface area contributed by atoms with Crippen LogP contribution in [0, 0.1) is 0 Å². The van der Waals surface area contributed by atoms with E-state index in [-0.39, 0.29) is 0 Å². The second kappa shape index (κ2) is 7.32. The van der Waals surface area contributed by atoms with Crippen LogP contribution in [0.15, 0.2) is 59.5 Å². The first-order valence-electron chi connectivity index (χ1n) is 9.08. The second-order valence-corrected chi connectivity index (χ2v) is 6.77. The number of benzene rings is 2. The Balaban J connectivity index is 1.93. The zero-order chi connectivity index (χ0) is 21.4. The van der Waals surface area contributed by atoms with Crippen LogP contribution >= 0.6 is 0 Å². The van der Waals surface area contributed by atoms with Gasteiger partial charge in [-0.2, -0.15) is 0 Å². The predicted octanol–water partition coefficient (Wildman–Crippen LogP) is 2.27. The molecule has 0 aliphatic rings. The van der Waals surface area contributed by atoms with Crippen molar-refractivity contribution in [3.05, 3.63) is 70.6 Å². The number of rotatable bonds is 4. The van der Waals surface area contributed by atoms with Crippen molar-refractivity contribution < 1.29 is 19.8 Å². The van der Waals surface area contributed by atoms with Gasteiger partial charge in [0.2, 0.25) is 0 Å². The lowest BCUT2D eigenvalue weighted by Gasteiger charge is -2.13. The van der Waals surface area contributed by atoms with E-state index in [1.54, 1.807) is 18.3 Å². The van der Waals surface area contributed by atoms with Gasteiger partial charge in [-0.15, -0.1) is 0 Å². The summed E-state index contributed by atoms with van der Waals surface area (Å²) in [4.78, 5) is 40.0. The van der Waals surface area contributed by atoms with Crippen LogP contribution in [0.2, 0.25) is 0 Å². The van der Waals surface area contributed by atoms with Crippen molar-refractivity contribution in [2.24, 2.45) is 7.05 Å². The molecule has 150 valence electrons. The summed E-state index contributed by atoms with van der Waals surface area (Å²) in [7, 11) is 1.49. The van der Waals surface area contributed by atoms with Gasteiger partial charge in [0.25, 0.3) is 11.5 Å². The smallest absolute Gasteiger partial charge is 0.322 e. The fourth-order valence-electron chi connectivity index (χ4n) is 3.50. The van der Waals surface area contributed by atoms with E-state index in [1.807, 2.05) is 36.4 Å². The monoisotopic (exact) mass is 403 g/mol. The van der Waals surface area contributed by atoms with E-state index in [1.165, 1.54) is 11.6 Å². The number of carboxylic acid groups (broad SMARTS) is 1. The Kier molecular flexibility index (Phi) is 4.67. The summed E-state index contributed by atoms with van der Waals surface area (Å²) in [5.74, 6) is -2.69. The molecule has 0 bridgehead atoms. The Morgan fingerprint density at radius 1 is 1.10 bits per heavy atom. The molecule has 8 nitrogen and oxygen atoms in total. The maximum Gasteiger partial charge on any atom is 0.322 e. The Hall–Kier alpha value is -4.20. The molecule has 0 aliphatic heterocycles. The number of aryl methyl sites for hydroxylation is 1. The number of carboxylic acids is 1. The number of aliphatic carboxylic acids is 1. The van der Waals surface area contributed by atoms with E-state index in [4.69, 9.17) is 5.11 Å². The molecule has 0 aliphatic carbocycles. The Morgan fingerprint density at radius 2 is 1.90 bits per heavy atom. The largest absolute Gasteiger partial charge is 0.506 e. The maximum absolute atomic E-state index is 12.6. The van der Waals surface area contributed by atoms with Crippen molar-refractivity contribution >= 4 is 33.7 Å². The summed E-state index contributed by atoms with van der Waals surface area (Å²) in [6.07, 6.45) is 1.70. The normalized spacial score (nSPS) is 11.0. The van der Waals surface area contributed by atoms with Gasteiger partial charge in [0.1, 0.15) is 17.9 Å². The molecule has 0 unspecified atom stereocenters. The van der Waals surface area contributed by atoms with Gasteiger partial charge in [-0.1, -0.05) is 24.3 Å². The fraction of sp³-hybridized carbons (Fsp3) is 0.0909. The van der Waals surface area contributed by atoms with Crippen LogP contribution in [0.3, 0.4) is 0 Å². The van der Waals surface area contributed by atoms with Crippen molar-refractivity contribution in [2.75, 3.05) is 6.54 Å². The number of carbonyl (C=O) groups excluding carboxylic acids is 1.